The van der Waals surface area contributed by atoms with Crippen LogP contribution in [0.15, 0.2) is 18.6 Å². The van der Waals surface area contributed by atoms with Crippen LogP contribution >= 0.6 is 0 Å². The molecule has 0 unspecified atom stereocenters. The average molecular weight is 191 g/mol. The van der Waals surface area contributed by atoms with Gasteiger partial charge >= 0.3 is 0 Å². The van der Waals surface area contributed by atoms with E-state index in [0.717, 1.165) is 11.1 Å². The first-order chi connectivity index (χ1) is 6.81. The molecule has 0 amide bonds. The number of rotatable bonds is 1. The zero-order chi connectivity index (χ0) is 10.6. The second kappa shape index (κ2) is 4.50. The zero-order valence-corrected chi connectivity index (χ0v) is 8.56. The Hall–Kier alpha value is -1.71. The molecule has 2 heterocycles. The van der Waals surface area contributed by atoms with Crippen LogP contribution < -0.4 is 0 Å². The van der Waals surface area contributed by atoms with Gasteiger partial charge in [-0.25, -0.2) is 9.50 Å². The van der Waals surface area contributed by atoms with E-state index in [1.165, 1.54) is 0 Å². The normalized spacial score (nSPS) is 9.36. The number of nitrogens with zero attached hydrogens (tertiary/aromatic N) is 3. The predicted octanol–water partition coefficient (Wildman–Crippen LogP) is 1.88. The van der Waals surface area contributed by atoms with Crippen LogP contribution in [0.3, 0.4) is 0 Å². The molecule has 74 valence electrons. The van der Waals surface area contributed by atoms with E-state index < -0.39 is 0 Å². The van der Waals surface area contributed by atoms with Gasteiger partial charge in [-0.05, 0) is 12.5 Å². The number of carbonyl (C=O) groups is 1. The third-order valence-electron chi connectivity index (χ3n) is 1.74. The molecule has 2 aromatic rings. The molecule has 0 aliphatic carbocycles. The summed E-state index contributed by atoms with van der Waals surface area (Å²) in [5.41, 5.74) is 2.38. The largest absolute Gasteiger partial charge is 0.296 e. The van der Waals surface area contributed by atoms with Crippen molar-refractivity contribution in [2.45, 2.75) is 20.8 Å². The number of aromatic nitrogens is 3. The maximum Gasteiger partial charge on any atom is 0.170 e. The van der Waals surface area contributed by atoms with Crippen LogP contribution in [0.1, 0.15) is 29.9 Å². The van der Waals surface area contributed by atoms with E-state index in [0.29, 0.717) is 12.0 Å². The van der Waals surface area contributed by atoms with E-state index in [1.807, 2.05) is 20.8 Å². The van der Waals surface area contributed by atoms with Gasteiger partial charge in [-0.1, -0.05) is 13.8 Å². The monoisotopic (exact) mass is 191 g/mol. The van der Waals surface area contributed by atoms with E-state index in [-0.39, 0.29) is 0 Å². The quantitative estimate of drug-likeness (QED) is 0.646. The van der Waals surface area contributed by atoms with E-state index in [4.69, 9.17) is 0 Å². The minimum Gasteiger partial charge on any atom is -0.296 e. The Morgan fingerprint density at radius 3 is 2.71 bits per heavy atom. The summed E-state index contributed by atoms with van der Waals surface area (Å²) in [7, 11) is 0. The molecule has 0 fully saturated rings. The minimum absolute atomic E-state index is 0.394. The first-order valence-corrected chi connectivity index (χ1v) is 4.56. The maximum atomic E-state index is 10.4. The van der Waals surface area contributed by atoms with Gasteiger partial charge < -0.3 is 0 Å². The van der Waals surface area contributed by atoms with E-state index >= 15 is 0 Å². The summed E-state index contributed by atoms with van der Waals surface area (Å²) in [6, 6.07) is 0. The molecule has 0 N–H and O–H groups in total. The van der Waals surface area contributed by atoms with Crippen LogP contribution in [-0.2, 0) is 0 Å². The van der Waals surface area contributed by atoms with Crippen molar-refractivity contribution in [2.75, 3.05) is 0 Å². The first-order valence-electron chi connectivity index (χ1n) is 4.56. The number of hydrogen-bond donors (Lipinski definition) is 0. The molecular formula is C10H13N3O. The average Bonchev–Trinajstić information content (AvgIpc) is 2.63. The Morgan fingerprint density at radius 1 is 1.36 bits per heavy atom. The molecule has 0 aromatic carbocycles. The van der Waals surface area contributed by atoms with Gasteiger partial charge in [-0.15, -0.1) is 0 Å². The highest BCUT2D eigenvalue weighted by Crippen LogP contribution is 2.06. The third kappa shape index (κ3) is 1.79. The minimum atomic E-state index is 0.394. The molecule has 0 saturated carbocycles. The summed E-state index contributed by atoms with van der Waals surface area (Å²) >= 11 is 0. The van der Waals surface area contributed by atoms with Crippen molar-refractivity contribution in [1.29, 1.82) is 0 Å². The molecule has 0 saturated heterocycles. The smallest absolute Gasteiger partial charge is 0.170 e. The first kappa shape index (κ1) is 10.4. The van der Waals surface area contributed by atoms with Crippen LogP contribution in [0.25, 0.3) is 5.52 Å². The van der Waals surface area contributed by atoms with Gasteiger partial charge in [0.15, 0.2) is 6.29 Å². The highest BCUT2D eigenvalue weighted by molar-refractivity contribution is 5.71. The summed E-state index contributed by atoms with van der Waals surface area (Å²) < 4.78 is 1.64. The number of carbonyl (C=O) groups excluding carboxylic acids is 1. The Balaban J connectivity index is 0.000000461. The lowest BCUT2D eigenvalue weighted by Gasteiger charge is -1.93. The molecule has 4 heteroatoms. The van der Waals surface area contributed by atoms with Crippen LogP contribution in [-0.4, -0.2) is 20.9 Å². The van der Waals surface area contributed by atoms with Gasteiger partial charge in [0.2, 0.25) is 0 Å². The lowest BCUT2D eigenvalue weighted by molar-refractivity contribution is 0.111. The van der Waals surface area contributed by atoms with Crippen molar-refractivity contribution < 1.29 is 4.79 Å². The Bertz CT molecular complexity index is 434. The second-order valence-electron chi connectivity index (χ2n) is 2.59. The summed E-state index contributed by atoms with van der Waals surface area (Å²) in [6.07, 6.45) is 5.70. The highest BCUT2D eigenvalue weighted by Gasteiger charge is 1.99. The SMILES string of the molecule is CC.Cc1cnn2cc(C=O)ncc12. The van der Waals surface area contributed by atoms with Crippen molar-refractivity contribution in [3.8, 4) is 0 Å². The van der Waals surface area contributed by atoms with E-state index in [9.17, 15) is 4.79 Å². The van der Waals surface area contributed by atoms with Gasteiger partial charge in [-0.2, -0.15) is 5.10 Å². The molecule has 0 radical (unpaired) electrons. The third-order valence-corrected chi connectivity index (χ3v) is 1.74. The van der Waals surface area contributed by atoms with Crippen molar-refractivity contribution >= 4 is 11.8 Å². The van der Waals surface area contributed by atoms with Crippen molar-refractivity contribution in [3.63, 3.8) is 0 Å². The summed E-state index contributed by atoms with van der Waals surface area (Å²) in [5, 5.41) is 4.04. The zero-order valence-electron chi connectivity index (χ0n) is 8.56. The highest BCUT2D eigenvalue weighted by atomic mass is 16.1. The molecule has 0 aliphatic rings. The van der Waals surface area contributed by atoms with Gasteiger partial charge in [0.05, 0.1) is 24.1 Å². The molecule has 0 aliphatic heterocycles. The summed E-state index contributed by atoms with van der Waals surface area (Å²) in [5.74, 6) is 0. The Morgan fingerprint density at radius 2 is 2.07 bits per heavy atom. The maximum absolute atomic E-state index is 10.4. The van der Waals surface area contributed by atoms with Gasteiger partial charge in [-0.3, -0.25) is 4.79 Å². The Labute approximate surface area is 82.6 Å². The fourth-order valence-corrected chi connectivity index (χ4v) is 1.08. The van der Waals surface area contributed by atoms with Gasteiger partial charge in [0.25, 0.3) is 0 Å². The number of hydrogen-bond acceptors (Lipinski definition) is 3. The van der Waals surface area contributed by atoms with E-state index in [2.05, 4.69) is 10.1 Å². The summed E-state index contributed by atoms with van der Waals surface area (Å²) in [4.78, 5) is 14.3. The number of fused-ring (bicyclic) bond motifs is 1. The van der Waals surface area contributed by atoms with Crippen molar-refractivity contribution in [1.82, 2.24) is 14.6 Å². The fourth-order valence-electron chi connectivity index (χ4n) is 1.08. The van der Waals surface area contributed by atoms with Crippen molar-refractivity contribution in [2.24, 2.45) is 0 Å². The topological polar surface area (TPSA) is 47.3 Å². The predicted molar refractivity (Wildman–Crippen MR) is 54.5 cm³/mol. The lowest BCUT2D eigenvalue weighted by Crippen LogP contribution is -1.93. The molecule has 0 atom stereocenters. The van der Waals surface area contributed by atoms with Crippen LogP contribution in [0.4, 0.5) is 0 Å². The Kier molecular flexibility index (Phi) is 3.34. The van der Waals surface area contributed by atoms with E-state index in [1.54, 1.807) is 23.1 Å². The van der Waals surface area contributed by atoms with Gasteiger partial charge in [0, 0.05) is 0 Å². The molecule has 14 heavy (non-hydrogen) atoms. The second-order valence-corrected chi connectivity index (χ2v) is 2.59. The van der Waals surface area contributed by atoms with Crippen LogP contribution in [0.5, 0.6) is 0 Å². The number of aryl methyl sites for hydroxylation is 1. The number of aldehydes is 1. The lowest BCUT2D eigenvalue weighted by atomic mass is 10.3. The van der Waals surface area contributed by atoms with Gasteiger partial charge in [0.1, 0.15) is 5.69 Å². The molecular weight excluding hydrogens is 178 g/mol. The fraction of sp³-hybridized carbons (Fsp3) is 0.300. The van der Waals surface area contributed by atoms with Crippen LogP contribution in [0.2, 0.25) is 0 Å². The molecule has 0 spiro atoms. The molecule has 2 aromatic heterocycles. The molecule has 0 bridgehead atoms. The van der Waals surface area contributed by atoms with Crippen LogP contribution in [0, 0.1) is 6.92 Å². The molecule has 4 nitrogen and oxygen atoms in total. The standard InChI is InChI=1S/C8H7N3O.C2H6/c1-6-2-10-11-4-7(5-12)9-3-8(6)11;1-2/h2-5H,1H3;1-2H3. The molecule has 2 rings (SSSR count). The van der Waals surface area contributed by atoms with Crippen molar-refractivity contribution in [3.05, 3.63) is 29.8 Å². The summed E-state index contributed by atoms with van der Waals surface area (Å²) in [6.45, 7) is 5.95.